The Hall–Kier alpha value is -1.35. The quantitative estimate of drug-likeness (QED) is 0.789. The predicted molar refractivity (Wildman–Crippen MR) is 64.8 cm³/mol. The van der Waals surface area contributed by atoms with Gasteiger partial charge in [0, 0.05) is 23.3 Å². The number of furan rings is 1. The molecule has 2 aromatic rings. The lowest BCUT2D eigenvalue weighted by molar-refractivity contribution is 0.571. The summed E-state index contributed by atoms with van der Waals surface area (Å²) in [6.45, 7) is 0. The molecule has 2 nitrogen and oxygen atoms in total. The highest BCUT2D eigenvalue weighted by atomic mass is 79.9. The number of nitrogens with zero attached hydrogens (tertiary/aromatic N) is 1. The molecule has 0 aliphatic rings. The van der Waals surface area contributed by atoms with Gasteiger partial charge >= 0.3 is 0 Å². The third-order valence-electron chi connectivity index (χ3n) is 1.94. The van der Waals surface area contributed by atoms with Gasteiger partial charge in [-0.2, -0.15) is 0 Å². The Kier molecular flexibility index (Phi) is 3.35. The minimum Gasteiger partial charge on any atom is -0.457 e. The molecule has 0 aliphatic carbocycles. The van der Waals surface area contributed by atoms with Gasteiger partial charge in [0.25, 0.3) is 0 Å². The SMILES string of the molecule is BrCC=Cc1ccc(-c2cccnc2)o1. The van der Waals surface area contributed by atoms with E-state index in [4.69, 9.17) is 4.42 Å². The molecular weight excluding hydrogens is 254 g/mol. The van der Waals surface area contributed by atoms with Gasteiger partial charge in [0.2, 0.25) is 0 Å². The van der Waals surface area contributed by atoms with Crippen molar-refractivity contribution in [2.45, 2.75) is 0 Å². The van der Waals surface area contributed by atoms with Gasteiger partial charge in [-0.25, -0.2) is 0 Å². The van der Waals surface area contributed by atoms with E-state index in [0.29, 0.717) is 0 Å². The Morgan fingerprint density at radius 2 is 2.27 bits per heavy atom. The maximum Gasteiger partial charge on any atom is 0.136 e. The molecule has 0 aliphatic heterocycles. The van der Waals surface area contributed by atoms with E-state index in [1.165, 1.54) is 0 Å². The third kappa shape index (κ3) is 2.57. The summed E-state index contributed by atoms with van der Waals surface area (Å²) >= 11 is 3.32. The fourth-order valence-corrected chi connectivity index (χ4v) is 1.45. The van der Waals surface area contributed by atoms with E-state index in [0.717, 1.165) is 22.4 Å². The molecule has 0 spiro atoms. The van der Waals surface area contributed by atoms with Crippen LogP contribution < -0.4 is 0 Å². The van der Waals surface area contributed by atoms with Crippen LogP contribution in [0.3, 0.4) is 0 Å². The molecule has 2 heterocycles. The van der Waals surface area contributed by atoms with E-state index >= 15 is 0 Å². The molecule has 0 amide bonds. The number of halogens is 1. The highest BCUT2D eigenvalue weighted by Crippen LogP contribution is 2.21. The van der Waals surface area contributed by atoms with Crippen LogP contribution in [0.25, 0.3) is 17.4 Å². The summed E-state index contributed by atoms with van der Waals surface area (Å²) in [7, 11) is 0. The molecular formula is C12H10BrNO. The number of hydrogen-bond donors (Lipinski definition) is 0. The lowest BCUT2D eigenvalue weighted by Crippen LogP contribution is -1.74. The highest BCUT2D eigenvalue weighted by Gasteiger charge is 2.01. The van der Waals surface area contributed by atoms with Crippen LogP contribution in [0.5, 0.6) is 0 Å². The van der Waals surface area contributed by atoms with Gasteiger partial charge < -0.3 is 4.42 Å². The summed E-state index contributed by atoms with van der Waals surface area (Å²) < 4.78 is 5.62. The van der Waals surface area contributed by atoms with Gasteiger partial charge in [0.1, 0.15) is 11.5 Å². The molecule has 0 radical (unpaired) electrons. The smallest absolute Gasteiger partial charge is 0.136 e. The number of alkyl halides is 1. The second-order valence-corrected chi connectivity index (χ2v) is 3.65. The van der Waals surface area contributed by atoms with Crippen molar-refractivity contribution in [1.82, 2.24) is 4.98 Å². The van der Waals surface area contributed by atoms with E-state index in [2.05, 4.69) is 20.9 Å². The van der Waals surface area contributed by atoms with Gasteiger partial charge in [-0.05, 0) is 30.3 Å². The second kappa shape index (κ2) is 4.94. The molecule has 15 heavy (non-hydrogen) atoms. The molecule has 0 fully saturated rings. The summed E-state index contributed by atoms with van der Waals surface area (Å²) in [5, 5.41) is 0.829. The first-order valence-electron chi connectivity index (χ1n) is 4.63. The lowest BCUT2D eigenvalue weighted by Gasteiger charge is -1.93. The van der Waals surface area contributed by atoms with Crippen LogP contribution >= 0.6 is 15.9 Å². The average molecular weight is 264 g/mol. The van der Waals surface area contributed by atoms with Crippen molar-refractivity contribution >= 4 is 22.0 Å². The number of rotatable bonds is 3. The standard InChI is InChI=1S/C12H10BrNO/c13-7-1-4-11-5-6-12(15-11)10-3-2-8-14-9-10/h1-6,8-9H,7H2. The Balaban J connectivity index is 2.24. The molecule has 76 valence electrons. The summed E-state index contributed by atoms with van der Waals surface area (Å²) in [6, 6.07) is 7.77. The van der Waals surface area contributed by atoms with Gasteiger partial charge in [0.15, 0.2) is 0 Å². The van der Waals surface area contributed by atoms with Gasteiger partial charge in [-0.15, -0.1) is 0 Å². The van der Waals surface area contributed by atoms with E-state index in [1.54, 1.807) is 12.4 Å². The highest BCUT2D eigenvalue weighted by molar-refractivity contribution is 9.09. The normalized spacial score (nSPS) is 11.0. The molecule has 2 aromatic heterocycles. The maximum atomic E-state index is 5.62. The van der Waals surface area contributed by atoms with Crippen LogP contribution in [0.2, 0.25) is 0 Å². The zero-order chi connectivity index (χ0) is 10.5. The number of pyridine rings is 1. The van der Waals surface area contributed by atoms with Gasteiger partial charge in [-0.3, -0.25) is 4.98 Å². The number of hydrogen-bond acceptors (Lipinski definition) is 2. The monoisotopic (exact) mass is 263 g/mol. The first-order chi connectivity index (χ1) is 7.40. The zero-order valence-corrected chi connectivity index (χ0v) is 9.65. The second-order valence-electron chi connectivity index (χ2n) is 3.00. The van der Waals surface area contributed by atoms with Crippen molar-refractivity contribution in [1.29, 1.82) is 0 Å². The van der Waals surface area contributed by atoms with Gasteiger partial charge in [-0.1, -0.05) is 22.0 Å². The molecule has 0 bridgehead atoms. The van der Waals surface area contributed by atoms with Crippen molar-refractivity contribution in [2.24, 2.45) is 0 Å². The van der Waals surface area contributed by atoms with Crippen molar-refractivity contribution in [3.05, 3.63) is 48.5 Å². The fourth-order valence-electron chi connectivity index (χ4n) is 1.27. The van der Waals surface area contributed by atoms with Crippen LogP contribution in [-0.4, -0.2) is 10.3 Å². The molecule has 0 aromatic carbocycles. The predicted octanol–water partition coefficient (Wildman–Crippen LogP) is 3.75. The lowest BCUT2D eigenvalue weighted by atomic mass is 10.2. The Bertz CT molecular complexity index is 448. The van der Waals surface area contributed by atoms with Crippen LogP contribution in [0, 0.1) is 0 Å². The Morgan fingerprint density at radius 1 is 1.33 bits per heavy atom. The first kappa shape index (κ1) is 10.2. The Labute approximate surface area is 96.8 Å². The summed E-state index contributed by atoms with van der Waals surface area (Å²) in [6.07, 6.45) is 7.47. The third-order valence-corrected chi connectivity index (χ3v) is 2.32. The number of allylic oxidation sites excluding steroid dienone is 1. The van der Waals surface area contributed by atoms with E-state index in [-0.39, 0.29) is 0 Å². The van der Waals surface area contributed by atoms with Crippen LogP contribution in [-0.2, 0) is 0 Å². The summed E-state index contributed by atoms with van der Waals surface area (Å²) in [5.41, 5.74) is 0.996. The number of aromatic nitrogens is 1. The van der Waals surface area contributed by atoms with Gasteiger partial charge in [0.05, 0.1) is 0 Å². The largest absolute Gasteiger partial charge is 0.457 e. The minimum absolute atomic E-state index is 0.829. The van der Waals surface area contributed by atoms with Crippen LogP contribution in [0.4, 0.5) is 0 Å². The van der Waals surface area contributed by atoms with Crippen molar-refractivity contribution < 1.29 is 4.42 Å². The minimum atomic E-state index is 0.829. The van der Waals surface area contributed by atoms with Crippen LogP contribution in [0.1, 0.15) is 5.76 Å². The molecule has 2 rings (SSSR count). The molecule has 3 heteroatoms. The van der Waals surface area contributed by atoms with E-state index < -0.39 is 0 Å². The summed E-state index contributed by atoms with van der Waals surface area (Å²) in [5.74, 6) is 1.70. The fraction of sp³-hybridized carbons (Fsp3) is 0.0833. The molecule has 0 atom stereocenters. The molecule has 0 N–H and O–H groups in total. The van der Waals surface area contributed by atoms with Crippen LogP contribution in [0.15, 0.2) is 47.2 Å². The van der Waals surface area contributed by atoms with Crippen molar-refractivity contribution in [3.8, 4) is 11.3 Å². The maximum absolute atomic E-state index is 5.62. The topological polar surface area (TPSA) is 26.0 Å². The Morgan fingerprint density at radius 3 is 3.00 bits per heavy atom. The average Bonchev–Trinajstić information content (AvgIpc) is 2.76. The molecule has 0 saturated heterocycles. The van der Waals surface area contributed by atoms with Crippen molar-refractivity contribution in [3.63, 3.8) is 0 Å². The first-order valence-corrected chi connectivity index (χ1v) is 5.75. The van der Waals surface area contributed by atoms with E-state index in [1.807, 2.05) is 36.4 Å². The molecule has 0 saturated carbocycles. The van der Waals surface area contributed by atoms with E-state index in [9.17, 15) is 0 Å². The van der Waals surface area contributed by atoms with Crippen molar-refractivity contribution in [2.75, 3.05) is 5.33 Å². The summed E-state index contributed by atoms with van der Waals surface area (Å²) in [4.78, 5) is 4.05. The molecule has 0 unspecified atom stereocenters. The zero-order valence-electron chi connectivity index (χ0n) is 8.06.